The topological polar surface area (TPSA) is 58.9 Å². The van der Waals surface area contributed by atoms with Crippen molar-refractivity contribution in [1.29, 1.82) is 0 Å². The van der Waals surface area contributed by atoms with Crippen LogP contribution >= 0.6 is 0 Å². The first-order valence-corrected chi connectivity index (χ1v) is 13.8. The molecule has 0 unspecified atom stereocenters. The Morgan fingerprint density at radius 2 is 2.03 bits per heavy atom. The van der Waals surface area contributed by atoms with E-state index in [2.05, 4.69) is 33.8 Å². The molecule has 0 spiro atoms. The second-order valence-corrected chi connectivity index (χ2v) is 13.0. The van der Waals surface area contributed by atoms with E-state index < -0.39 is 0 Å². The molecule has 4 rings (SSSR count). The van der Waals surface area contributed by atoms with Crippen molar-refractivity contribution in [2.24, 2.45) is 40.4 Å². The average Bonchev–Trinajstić information content (AvgIpc) is 3.14. The lowest BCUT2D eigenvalue weighted by atomic mass is 9.60. The van der Waals surface area contributed by atoms with Gasteiger partial charge in [0, 0.05) is 19.6 Å². The zero-order chi connectivity index (χ0) is 23.9. The van der Waals surface area contributed by atoms with Crippen LogP contribution in [-0.4, -0.2) is 42.4 Å². The molecule has 4 heteroatoms. The zero-order valence-electron chi connectivity index (χ0n) is 21.9. The third-order valence-electron chi connectivity index (χ3n) is 10.5. The van der Waals surface area contributed by atoms with E-state index in [1.165, 1.54) is 51.4 Å². The number of fused-ring (bicyclic) bond motifs is 2. The van der Waals surface area contributed by atoms with Crippen molar-refractivity contribution in [3.8, 4) is 0 Å². The molecule has 33 heavy (non-hydrogen) atoms. The third kappa shape index (κ3) is 5.10. The van der Waals surface area contributed by atoms with E-state index in [1.807, 2.05) is 0 Å². The molecule has 4 saturated carbocycles. The highest BCUT2D eigenvalue weighted by Crippen LogP contribution is 2.68. The molecule has 8 atom stereocenters. The second kappa shape index (κ2) is 9.91. The quantitative estimate of drug-likeness (QED) is 0.287. The first-order valence-electron chi connectivity index (χ1n) is 13.8. The first kappa shape index (κ1) is 25.7. The molecule has 0 heterocycles. The van der Waals surface area contributed by atoms with Gasteiger partial charge in [-0.25, -0.2) is 0 Å². The minimum absolute atomic E-state index is 0.119. The van der Waals surface area contributed by atoms with Crippen molar-refractivity contribution in [1.82, 2.24) is 0 Å². The average molecular weight is 463 g/mol. The van der Waals surface area contributed by atoms with Crippen LogP contribution in [0.4, 0.5) is 0 Å². The van der Waals surface area contributed by atoms with Crippen molar-refractivity contribution in [3.05, 3.63) is 11.6 Å². The fourth-order valence-electron chi connectivity index (χ4n) is 8.64. The summed E-state index contributed by atoms with van der Waals surface area (Å²) in [5.74, 6) is 3.12. The van der Waals surface area contributed by atoms with Gasteiger partial charge in [0.25, 0.3) is 0 Å². The molecule has 0 saturated heterocycles. The summed E-state index contributed by atoms with van der Waals surface area (Å²) in [4.78, 5) is 0. The summed E-state index contributed by atoms with van der Waals surface area (Å²) in [6.45, 7) is 10.0. The lowest BCUT2D eigenvalue weighted by molar-refractivity contribution is -0.118. The van der Waals surface area contributed by atoms with Gasteiger partial charge in [0.1, 0.15) is 6.79 Å². The fourth-order valence-corrected chi connectivity index (χ4v) is 8.64. The molecule has 0 aromatic rings. The van der Waals surface area contributed by atoms with Crippen LogP contribution in [0.15, 0.2) is 11.6 Å². The molecule has 0 aliphatic heterocycles. The number of aliphatic hydroxyl groups is 2. The van der Waals surface area contributed by atoms with Crippen molar-refractivity contribution < 1.29 is 19.7 Å². The van der Waals surface area contributed by atoms with Gasteiger partial charge in [-0.3, -0.25) is 0 Å². The Bertz CT molecular complexity index is 702. The summed E-state index contributed by atoms with van der Waals surface area (Å²) in [5, 5.41) is 20.5. The van der Waals surface area contributed by atoms with Crippen molar-refractivity contribution in [3.63, 3.8) is 0 Å². The molecule has 190 valence electrons. The van der Waals surface area contributed by atoms with E-state index in [0.717, 1.165) is 31.1 Å². The van der Waals surface area contributed by atoms with E-state index >= 15 is 0 Å². The molecule has 4 nitrogen and oxygen atoms in total. The van der Waals surface area contributed by atoms with Gasteiger partial charge in [-0.05, 0) is 106 Å². The van der Waals surface area contributed by atoms with E-state index in [-0.39, 0.29) is 29.6 Å². The minimum Gasteiger partial charge on any atom is -0.396 e. The summed E-state index contributed by atoms with van der Waals surface area (Å²) in [6.07, 6.45) is 15.5. The Morgan fingerprint density at radius 3 is 2.70 bits per heavy atom. The molecule has 2 N–H and O–H groups in total. The van der Waals surface area contributed by atoms with Crippen LogP contribution in [0.3, 0.4) is 0 Å². The van der Waals surface area contributed by atoms with E-state index in [4.69, 9.17) is 9.47 Å². The number of rotatable bonds is 11. The Labute approximate surface area is 202 Å². The highest BCUT2D eigenvalue weighted by Gasteiger charge is 2.63. The number of hydrogen-bond donors (Lipinski definition) is 2. The molecule has 0 radical (unpaired) electrons. The molecule has 4 aliphatic rings. The monoisotopic (exact) mass is 462 g/mol. The largest absolute Gasteiger partial charge is 0.396 e. The zero-order valence-corrected chi connectivity index (χ0v) is 21.9. The number of hydrogen-bond acceptors (Lipinski definition) is 4. The SMILES string of the molecule is COCOC(C)(C)CCC[C@@H](C)[C@H]1CC[C@H]2C(=C[C@@H](CO)[C@@]34C[C@@H](O)C[C@@H]3C4)CCC[C@]12C. The maximum Gasteiger partial charge on any atom is 0.147 e. The van der Waals surface area contributed by atoms with Crippen LogP contribution in [0, 0.1) is 40.4 Å². The molecular weight excluding hydrogens is 412 g/mol. The molecule has 0 bridgehead atoms. The maximum absolute atomic E-state index is 10.3. The van der Waals surface area contributed by atoms with Gasteiger partial charge in [-0.15, -0.1) is 0 Å². The molecule has 0 aromatic heterocycles. The predicted octanol–water partition coefficient (Wildman–Crippen LogP) is 6.10. The fraction of sp³-hybridized carbons (Fsp3) is 0.931. The van der Waals surface area contributed by atoms with Crippen LogP contribution in [0.5, 0.6) is 0 Å². The predicted molar refractivity (Wildman–Crippen MR) is 133 cm³/mol. The van der Waals surface area contributed by atoms with Crippen LogP contribution < -0.4 is 0 Å². The molecule has 0 amide bonds. The summed E-state index contributed by atoms with van der Waals surface area (Å²) < 4.78 is 10.9. The summed E-state index contributed by atoms with van der Waals surface area (Å²) in [6, 6.07) is 0. The van der Waals surface area contributed by atoms with Gasteiger partial charge in [0.05, 0.1) is 11.7 Å². The first-order chi connectivity index (χ1) is 15.6. The number of ether oxygens (including phenoxy) is 2. The van der Waals surface area contributed by atoms with Gasteiger partial charge in [0.2, 0.25) is 0 Å². The van der Waals surface area contributed by atoms with Gasteiger partial charge in [0.15, 0.2) is 0 Å². The van der Waals surface area contributed by atoms with Crippen molar-refractivity contribution in [2.75, 3.05) is 20.5 Å². The van der Waals surface area contributed by atoms with Crippen LogP contribution in [-0.2, 0) is 9.47 Å². The van der Waals surface area contributed by atoms with Gasteiger partial charge in [-0.2, -0.15) is 0 Å². The number of aliphatic hydroxyl groups excluding tert-OH is 2. The number of methoxy groups -OCH3 is 1. The Balaban J connectivity index is 1.39. The summed E-state index contributed by atoms with van der Waals surface area (Å²) in [7, 11) is 1.69. The third-order valence-corrected chi connectivity index (χ3v) is 10.5. The van der Waals surface area contributed by atoms with Crippen molar-refractivity contribution >= 4 is 0 Å². The van der Waals surface area contributed by atoms with Crippen LogP contribution in [0.1, 0.15) is 98.3 Å². The standard InChI is InChI=1S/C29H50O4/c1-20(8-6-12-27(2,3)33-19-32-5)25-10-11-26-21(9-7-13-28(25,26)4)14-23(18-30)29-16-22(29)15-24(31)17-29/h14,20,22-26,30-31H,6-13,15-19H2,1-5H3/t20-,22-,23+,24+,25-,26+,28-,29+/m1/s1. The molecule has 4 aliphatic carbocycles. The van der Waals surface area contributed by atoms with Gasteiger partial charge < -0.3 is 19.7 Å². The Hall–Kier alpha value is -0.420. The Kier molecular flexibility index (Phi) is 7.71. The van der Waals surface area contributed by atoms with E-state index in [0.29, 0.717) is 24.0 Å². The molecule has 0 aromatic carbocycles. The maximum atomic E-state index is 10.3. The lowest BCUT2D eigenvalue weighted by Gasteiger charge is -2.45. The van der Waals surface area contributed by atoms with Gasteiger partial charge in [-0.1, -0.05) is 38.3 Å². The van der Waals surface area contributed by atoms with Crippen LogP contribution in [0.2, 0.25) is 0 Å². The molecule has 4 fully saturated rings. The van der Waals surface area contributed by atoms with E-state index in [9.17, 15) is 10.2 Å². The van der Waals surface area contributed by atoms with Gasteiger partial charge >= 0.3 is 0 Å². The van der Waals surface area contributed by atoms with E-state index in [1.54, 1.807) is 12.7 Å². The lowest BCUT2D eigenvalue weighted by Crippen LogP contribution is -2.36. The second-order valence-electron chi connectivity index (χ2n) is 13.0. The van der Waals surface area contributed by atoms with Crippen LogP contribution in [0.25, 0.3) is 0 Å². The highest BCUT2D eigenvalue weighted by molar-refractivity contribution is 5.24. The summed E-state index contributed by atoms with van der Waals surface area (Å²) in [5.41, 5.74) is 2.14. The molecular formula is C29H50O4. The summed E-state index contributed by atoms with van der Waals surface area (Å²) >= 11 is 0. The normalized spacial score (nSPS) is 41.1. The van der Waals surface area contributed by atoms with Crippen molar-refractivity contribution in [2.45, 2.75) is 110 Å². The minimum atomic E-state index is -0.144. The highest BCUT2D eigenvalue weighted by atomic mass is 16.7. The Morgan fingerprint density at radius 1 is 1.24 bits per heavy atom. The number of allylic oxidation sites excluding steroid dienone is 1. The smallest absolute Gasteiger partial charge is 0.147 e.